The maximum absolute atomic E-state index is 12.7. The molecule has 1 amide bonds. The van der Waals surface area contributed by atoms with Crippen molar-refractivity contribution in [1.29, 1.82) is 0 Å². The molecule has 1 fully saturated rings. The van der Waals surface area contributed by atoms with Crippen LogP contribution in [-0.2, 0) is 21.2 Å². The van der Waals surface area contributed by atoms with Gasteiger partial charge in [0.25, 0.3) is 10.0 Å². The molecule has 0 radical (unpaired) electrons. The summed E-state index contributed by atoms with van der Waals surface area (Å²) < 4.78 is 29.5. The van der Waals surface area contributed by atoms with Crippen LogP contribution in [0.3, 0.4) is 0 Å². The van der Waals surface area contributed by atoms with Crippen molar-refractivity contribution < 1.29 is 13.2 Å². The number of hydrogen-bond acceptors (Lipinski definition) is 5. The molecule has 1 N–H and O–H groups in total. The molecule has 1 aromatic heterocycles. The SMILES string of the molecule is CC1=C(c2ccc(Cl)cc2)S(=O)(=O)N=C1N1CCC(C(=O)NCCc2cccs2)CC1. The van der Waals surface area contributed by atoms with Crippen LogP contribution in [0, 0.1) is 5.92 Å². The molecule has 1 saturated heterocycles. The minimum Gasteiger partial charge on any atom is -0.356 e. The summed E-state index contributed by atoms with van der Waals surface area (Å²) in [5, 5.41) is 5.62. The van der Waals surface area contributed by atoms with E-state index >= 15 is 0 Å². The molecule has 0 bridgehead atoms. The molecule has 0 aliphatic carbocycles. The number of amidine groups is 1. The van der Waals surface area contributed by atoms with Crippen LogP contribution in [0.15, 0.2) is 51.7 Å². The highest BCUT2D eigenvalue weighted by molar-refractivity contribution is 8.00. The molecule has 0 spiro atoms. The second kappa shape index (κ2) is 9.14. The summed E-state index contributed by atoms with van der Waals surface area (Å²) in [5.74, 6) is 0.506. The van der Waals surface area contributed by atoms with Crippen molar-refractivity contribution in [3.63, 3.8) is 0 Å². The first-order chi connectivity index (χ1) is 14.8. The van der Waals surface area contributed by atoms with Gasteiger partial charge in [0.15, 0.2) is 0 Å². The molecule has 0 unspecified atom stereocenters. The van der Waals surface area contributed by atoms with Crippen molar-refractivity contribution in [3.8, 4) is 0 Å². The zero-order chi connectivity index (χ0) is 22.0. The van der Waals surface area contributed by atoms with E-state index in [0.717, 1.165) is 6.42 Å². The third-order valence-corrected chi connectivity index (χ3v) is 8.32. The number of amides is 1. The number of benzene rings is 1. The van der Waals surface area contributed by atoms with E-state index < -0.39 is 10.0 Å². The molecule has 31 heavy (non-hydrogen) atoms. The Balaban J connectivity index is 1.38. The third-order valence-electron chi connectivity index (χ3n) is 5.66. The van der Waals surface area contributed by atoms with E-state index in [9.17, 15) is 13.2 Å². The number of rotatable bonds is 5. The van der Waals surface area contributed by atoms with Crippen LogP contribution in [0.2, 0.25) is 5.02 Å². The Labute approximate surface area is 191 Å². The Hall–Kier alpha value is -2.16. The molecule has 9 heteroatoms. The van der Waals surface area contributed by atoms with Gasteiger partial charge in [0, 0.05) is 41.0 Å². The van der Waals surface area contributed by atoms with Crippen molar-refractivity contribution >= 4 is 49.6 Å². The van der Waals surface area contributed by atoms with E-state index in [1.807, 2.05) is 16.3 Å². The predicted molar refractivity (Wildman–Crippen MR) is 126 cm³/mol. The number of carbonyl (C=O) groups is 1. The van der Waals surface area contributed by atoms with Crippen LogP contribution in [0.1, 0.15) is 30.2 Å². The maximum Gasteiger partial charge on any atom is 0.285 e. The molecule has 2 aliphatic heterocycles. The van der Waals surface area contributed by atoms with Crippen molar-refractivity contribution in [2.75, 3.05) is 19.6 Å². The first-order valence-corrected chi connectivity index (χ1v) is 12.9. The number of piperidine rings is 1. The summed E-state index contributed by atoms with van der Waals surface area (Å²) in [6.07, 6.45) is 2.19. The van der Waals surface area contributed by atoms with Crippen LogP contribution in [0.25, 0.3) is 4.91 Å². The van der Waals surface area contributed by atoms with E-state index in [1.165, 1.54) is 4.88 Å². The van der Waals surface area contributed by atoms with E-state index in [1.54, 1.807) is 42.5 Å². The van der Waals surface area contributed by atoms with Gasteiger partial charge in [-0.1, -0.05) is 29.8 Å². The van der Waals surface area contributed by atoms with Gasteiger partial charge in [0.2, 0.25) is 5.91 Å². The number of hydrogen-bond donors (Lipinski definition) is 1. The highest BCUT2D eigenvalue weighted by Crippen LogP contribution is 2.35. The van der Waals surface area contributed by atoms with E-state index in [4.69, 9.17) is 11.6 Å². The van der Waals surface area contributed by atoms with E-state index in [2.05, 4.69) is 15.8 Å². The summed E-state index contributed by atoms with van der Waals surface area (Å²) >= 11 is 7.63. The van der Waals surface area contributed by atoms with Crippen molar-refractivity contribution in [2.24, 2.45) is 10.3 Å². The predicted octanol–water partition coefficient (Wildman–Crippen LogP) is 3.95. The van der Waals surface area contributed by atoms with Gasteiger partial charge in [-0.05, 0) is 55.3 Å². The smallest absolute Gasteiger partial charge is 0.285 e. The first-order valence-electron chi connectivity index (χ1n) is 10.2. The molecule has 3 heterocycles. The largest absolute Gasteiger partial charge is 0.356 e. The quantitative estimate of drug-likeness (QED) is 0.707. The molecule has 1 aromatic carbocycles. The van der Waals surface area contributed by atoms with Gasteiger partial charge in [-0.25, -0.2) is 0 Å². The summed E-state index contributed by atoms with van der Waals surface area (Å²) in [5.41, 5.74) is 1.22. The van der Waals surface area contributed by atoms with Gasteiger partial charge in [-0.2, -0.15) is 8.42 Å². The Morgan fingerprint density at radius 2 is 1.94 bits per heavy atom. The van der Waals surface area contributed by atoms with Crippen LogP contribution in [0.4, 0.5) is 0 Å². The van der Waals surface area contributed by atoms with Gasteiger partial charge in [0.1, 0.15) is 10.7 Å². The van der Waals surface area contributed by atoms with Gasteiger partial charge in [-0.15, -0.1) is 15.7 Å². The fourth-order valence-electron chi connectivity index (χ4n) is 4.05. The fourth-order valence-corrected chi connectivity index (χ4v) is 6.36. The molecular formula is C22H24ClN3O3S2. The average molecular weight is 478 g/mol. The zero-order valence-electron chi connectivity index (χ0n) is 17.2. The number of thiophene rings is 1. The standard InChI is InChI=1S/C22H24ClN3O3S2/c1-15-20(16-4-6-18(23)7-5-16)31(28,29)25-21(15)26-12-9-17(10-13-26)22(27)24-11-8-19-3-2-14-30-19/h2-7,14,17H,8-13H2,1H3,(H,24,27). The lowest BCUT2D eigenvalue weighted by Gasteiger charge is -2.32. The molecule has 2 aliphatic rings. The topological polar surface area (TPSA) is 78.8 Å². The molecule has 164 valence electrons. The zero-order valence-corrected chi connectivity index (χ0v) is 19.6. The fraction of sp³-hybridized carbons (Fsp3) is 0.364. The van der Waals surface area contributed by atoms with Gasteiger partial charge in [-0.3, -0.25) is 4.79 Å². The Kier molecular flexibility index (Phi) is 6.50. The Morgan fingerprint density at radius 3 is 2.58 bits per heavy atom. The third kappa shape index (κ3) is 4.86. The molecule has 2 aromatic rings. The Bertz CT molecular complexity index is 1120. The second-order valence-corrected chi connectivity index (χ2v) is 10.7. The first kappa shape index (κ1) is 22.0. The minimum absolute atomic E-state index is 0.0572. The Morgan fingerprint density at radius 1 is 1.23 bits per heavy atom. The highest BCUT2D eigenvalue weighted by Gasteiger charge is 2.35. The van der Waals surface area contributed by atoms with Crippen molar-refractivity contribution in [1.82, 2.24) is 10.2 Å². The summed E-state index contributed by atoms with van der Waals surface area (Å²) in [6.45, 7) is 3.62. The highest BCUT2D eigenvalue weighted by atomic mass is 35.5. The van der Waals surface area contributed by atoms with Crippen LogP contribution >= 0.6 is 22.9 Å². The lowest BCUT2D eigenvalue weighted by atomic mass is 9.95. The van der Waals surface area contributed by atoms with Crippen molar-refractivity contribution in [2.45, 2.75) is 26.2 Å². The summed E-state index contributed by atoms with van der Waals surface area (Å²) in [6, 6.07) is 10.8. The van der Waals surface area contributed by atoms with Crippen LogP contribution < -0.4 is 5.32 Å². The van der Waals surface area contributed by atoms with Crippen molar-refractivity contribution in [3.05, 3.63) is 62.8 Å². The molecule has 4 rings (SSSR count). The molecule has 0 saturated carbocycles. The van der Waals surface area contributed by atoms with Gasteiger partial charge >= 0.3 is 0 Å². The summed E-state index contributed by atoms with van der Waals surface area (Å²) in [7, 11) is -3.76. The molecular weight excluding hydrogens is 454 g/mol. The number of sulfonamides is 1. The number of nitrogens with one attached hydrogen (secondary N) is 1. The van der Waals surface area contributed by atoms with E-state index in [-0.39, 0.29) is 16.7 Å². The monoisotopic (exact) mass is 477 g/mol. The normalized spacial score (nSPS) is 18.9. The summed E-state index contributed by atoms with van der Waals surface area (Å²) in [4.78, 5) is 16.0. The minimum atomic E-state index is -3.76. The number of carbonyl (C=O) groups excluding carboxylic acids is 1. The van der Waals surface area contributed by atoms with Gasteiger partial charge in [0.05, 0.1) is 0 Å². The number of nitrogens with zero attached hydrogens (tertiary/aromatic N) is 2. The molecule has 6 nitrogen and oxygen atoms in total. The van der Waals surface area contributed by atoms with E-state index in [0.29, 0.717) is 54.5 Å². The lowest BCUT2D eigenvalue weighted by molar-refractivity contribution is -0.126. The second-order valence-electron chi connectivity index (χ2n) is 7.73. The number of halogens is 1. The average Bonchev–Trinajstić information content (AvgIpc) is 3.35. The van der Waals surface area contributed by atoms with Crippen LogP contribution in [0.5, 0.6) is 0 Å². The van der Waals surface area contributed by atoms with Gasteiger partial charge < -0.3 is 10.2 Å². The lowest BCUT2D eigenvalue weighted by Crippen LogP contribution is -2.43. The number of likely N-dealkylation sites (tertiary alicyclic amines) is 1. The van der Waals surface area contributed by atoms with Crippen LogP contribution in [-0.4, -0.2) is 44.7 Å². The molecule has 0 atom stereocenters. The maximum atomic E-state index is 12.7.